The third-order valence-corrected chi connectivity index (χ3v) is 4.17. The summed E-state index contributed by atoms with van der Waals surface area (Å²) in [7, 11) is 0. The van der Waals surface area contributed by atoms with Crippen molar-refractivity contribution < 1.29 is 4.79 Å². The van der Waals surface area contributed by atoms with Gasteiger partial charge in [-0.15, -0.1) is 0 Å². The number of carbonyl (C=O) groups is 1. The van der Waals surface area contributed by atoms with E-state index in [0.717, 1.165) is 22.2 Å². The lowest BCUT2D eigenvalue weighted by Gasteiger charge is -2.19. The highest BCUT2D eigenvalue weighted by Gasteiger charge is 2.30. The highest BCUT2D eigenvalue weighted by molar-refractivity contribution is 7.80. The Morgan fingerprint density at radius 1 is 1.26 bits per heavy atom. The number of benzene rings is 2. The summed E-state index contributed by atoms with van der Waals surface area (Å²) < 4.78 is 0. The number of nitrogen functional groups attached to an aromatic ring is 1. The molecule has 1 amide bonds. The Balaban J connectivity index is 2.05. The molecule has 1 unspecified atom stereocenters. The van der Waals surface area contributed by atoms with Crippen LogP contribution in [0, 0.1) is 5.92 Å². The van der Waals surface area contributed by atoms with Crippen molar-refractivity contribution >= 4 is 40.7 Å². The molecule has 1 aliphatic rings. The molecule has 0 radical (unpaired) electrons. The molecule has 1 saturated heterocycles. The van der Waals surface area contributed by atoms with E-state index in [-0.39, 0.29) is 5.91 Å². The van der Waals surface area contributed by atoms with Gasteiger partial charge in [-0.05, 0) is 34.6 Å². The summed E-state index contributed by atoms with van der Waals surface area (Å²) in [5.74, 6) is 1.19. The zero-order valence-corrected chi connectivity index (χ0v) is 11.4. The quantitative estimate of drug-likeness (QED) is 0.652. The molecular formula is C15H16N2OS. The summed E-state index contributed by atoms with van der Waals surface area (Å²) in [4.78, 5) is 13.9. The third-order valence-electron chi connectivity index (χ3n) is 3.65. The minimum absolute atomic E-state index is 0.140. The summed E-state index contributed by atoms with van der Waals surface area (Å²) in [6, 6.07) is 12.0. The predicted octanol–water partition coefficient (Wildman–Crippen LogP) is 2.70. The lowest BCUT2D eigenvalue weighted by Crippen LogP contribution is -2.25. The second-order valence-corrected chi connectivity index (χ2v) is 5.38. The summed E-state index contributed by atoms with van der Waals surface area (Å²) in [5.41, 5.74) is 7.59. The molecule has 1 fully saturated rings. The van der Waals surface area contributed by atoms with Gasteiger partial charge >= 0.3 is 0 Å². The lowest BCUT2D eigenvalue weighted by atomic mass is 10.1. The number of fused-ring (bicyclic) bond motifs is 1. The van der Waals surface area contributed by atoms with Crippen LogP contribution in [-0.2, 0) is 4.79 Å². The van der Waals surface area contributed by atoms with Gasteiger partial charge in [0.25, 0.3) is 0 Å². The van der Waals surface area contributed by atoms with E-state index in [9.17, 15) is 4.79 Å². The number of nitrogens with two attached hydrogens (primary N) is 1. The van der Waals surface area contributed by atoms with Crippen LogP contribution in [0.4, 0.5) is 11.4 Å². The van der Waals surface area contributed by atoms with Gasteiger partial charge < -0.3 is 10.6 Å². The first kappa shape index (κ1) is 12.4. The van der Waals surface area contributed by atoms with Gasteiger partial charge in [0.15, 0.2) is 0 Å². The van der Waals surface area contributed by atoms with Crippen LogP contribution >= 0.6 is 12.6 Å². The number of hydrogen-bond donors (Lipinski definition) is 2. The van der Waals surface area contributed by atoms with Gasteiger partial charge in [-0.1, -0.05) is 24.3 Å². The largest absolute Gasteiger partial charge is 0.397 e. The minimum Gasteiger partial charge on any atom is -0.397 e. The second kappa shape index (κ2) is 4.78. The molecule has 0 aliphatic carbocycles. The van der Waals surface area contributed by atoms with Crippen molar-refractivity contribution in [1.29, 1.82) is 0 Å². The van der Waals surface area contributed by atoms with E-state index in [0.29, 0.717) is 24.6 Å². The summed E-state index contributed by atoms with van der Waals surface area (Å²) in [6.07, 6.45) is 0.565. The Labute approximate surface area is 117 Å². The van der Waals surface area contributed by atoms with E-state index in [2.05, 4.69) is 12.6 Å². The molecule has 1 atom stereocenters. The standard InChI is InChI=1S/C15H16N2OS/c16-13-6-11-3-1-2-4-12(11)7-14(13)17-8-10(9-19)5-15(17)18/h1-4,6-7,10,19H,5,8-9,16H2. The average molecular weight is 272 g/mol. The van der Waals surface area contributed by atoms with E-state index in [1.165, 1.54) is 0 Å². The van der Waals surface area contributed by atoms with Crippen molar-refractivity contribution in [1.82, 2.24) is 0 Å². The maximum atomic E-state index is 12.1. The normalized spacial score (nSPS) is 19.3. The Hall–Kier alpha value is -1.68. The SMILES string of the molecule is Nc1cc2ccccc2cc1N1CC(CS)CC1=O. The summed E-state index contributed by atoms with van der Waals surface area (Å²) >= 11 is 4.28. The Kier molecular flexibility index (Phi) is 3.11. The van der Waals surface area contributed by atoms with Crippen LogP contribution in [0.15, 0.2) is 36.4 Å². The van der Waals surface area contributed by atoms with Crippen molar-refractivity contribution in [2.45, 2.75) is 6.42 Å². The zero-order valence-electron chi connectivity index (χ0n) is 10.5. The highest BCUT2D eigenvalue weighted by Crippen LogP contribution is 2.33. The number of hydrogen-bond acceptors (Lipinski definition) is 3. The van der Waals surface area contributed by atoms with Crippen molar-refractivity contribution in [3.63, 3.8) is 0 Å². The van der Waals surface area contributed by atoms with Crippen LogP contribution in [0.25, 0.3) is 10.8 Å². The molecule has 0 spiro atoms. The summed E-state index contributed by atoms with van der Waals surface area (Å²) in [6.45, 7) is 0.713. The van der Waals surface area contributed by atoms with E-state index in [1.54, 1.807) is 4.90 Å². The fourth-order valence-electron chi connectivity index (χ4n) is 2.62. The van der Waals surface area contributed by atoms with E-state index < -0.39 is 0 Å². The topological polar surface area (TPSA) is 46.3 Å². The molecule has 1 heterocycles. The molecule has 4 heteroatoms. The molecule has 2 N–H and O–H groups in total. The number of anilines is 2. The van der Waals surface area contributed by atoms with Crippen molar-refractivity contribution in [3.05, 3.63) is 36.4 Å². The van der Waals surface area contributed by atoms with Gasteiger partial charge in [0.05, 0.1) is 11.4 Å². The molecule has 2 aromatic carbocycles. The van der Waals surface area contributed by atoms with Gasteiger partial charge in [-0.2, -0.15) is 12.6 Å². The van der Waals surface area contributed by atoms with Gasteiger partial charge in [0.2, 0.25) is 5.91 Å². The third kappa shape index (κ3) is 2.16. The fourth-order valence-corrected chi connectivity index (χ4v) is 2.86. The van der Waals surface area contributed by atoms with Crippen LogP contribution in [0.3, 0.4) is 0 Å². The number of nitrogens with zero attached hydrogens (tertiary/aromatic N) is 1. The van der Waals surface area contributed by atoms with Gasteiger partial charge in [0, 0.05) is 13.0 Å². The molecule has 0 bridgehead atoms. The molecular weight excluding hydrogens is 256 g/mol. The smallest absolute Gasteiger partial charge is 0.227 e. The Morgan fingerprint density at radius 2 is 1.95 bits per heavy atom. The summed E-state index contributed by atoms with van der Waals surface area (Å²) in [5, 5.41) is 2.20. The Morgan fingerprint density at radius 3 is 2.58 bits per heavy atom. The first-order chi connectivity index (χ1) is 9.19. The predicted molar refractivity (Wildman–Crippen MR) is 82.7 cm³/mol. The lowest BCUT2D eigenvalue weighted by molar-refractivity contribution is -0.117. The van der Waals surface area contributed by atoms with E-state index >= 15 is 0 Å². The van der Waals surface area contributed by atoms with Gasteiger partial charge in [-0.25, -0.2) is 0 Å². The Bertz CT molecular complexity index is 641. The first-order valence-corrected chi connectivity index (χ1v) is 7.02. The molecule has 0 saturated carbocycles. The molecule has 19 heavy (non-hydrogen) atoms. The maximum absolute atomic E-state index is 12.1. The van der Waals surface area contributed by atoms with Crippen molar-refractivity contribution in [3.8, 4) is 0 Å². The van der Waals surface area contributed by atoms with Crippen LogP contribution in [0.2, 0.25) is 0 Å². The first-order valence-electron chi connectivity index (χ1n) is 6.38. The molecule has 98 valence electrons. The van der Waals surface area contributed by atoms with Crippen LogP contribution in [-0.4, -0.2) is 18.2 Å². The number of rotatable bonds is 2. The van der Waals surface area contributed by atoms with Crippen molar-refractivity contribution in [2.24, 2.45) is 5.92 Å². The maximum Gasteiger partial charge on any atom is 0.227 e. The number of amides is 1. The van der Waals surface area contributed by atoms with E-state index in [4.69, 9.17) is 5.73 Å². The monoisotopic (exact) mass is 272 g/mol. The molecule has 1 aliphatic heterocycles. The van der Waals surface area contributed by atoms with Crippen LogP contribution in [0.5, 0.6) is 0 Å². The van der Waals surface area contributed by atoms with Crippen LogP contribution in [0.1, 0.15) is 6.42 Å². The second-order valence-electron chi connectivity index (χ2n) is 5.02. The molecule has 3 nitrogen and oxygen atoms in total. The molecule has 3 rings (SSSR count). The van der Waals surface area contributed by atoms with Crippen LogP contribution < -0.4 is 10.6 Å². The van der Waals surface area contributed by atoms with Gasteiger partial charge in [0.1, 0.15) is 0 Å². The average Bonchev–Trinajstić information content (AvgIpc) is 2.79. The molecule has 2 aromatic rings. The zero-order chi connectivity index (χ0) is 13.4. The number of carbonyl (C=O) groups excluding carboxylic acids is 1. The van der Waals surface area contributed by atoms with Crippen molar-refractivity contribution in [2.75, 3.05) is 22.9 Å². The molecule has 0 aromatic heterocycles. The number of thiol groups is 1. The highest BCUT2D eigenvalue weighted by atomic mass is 32.1. The van der Waals surface area contributed by atoms with Gasteiger partial charge in [-0.3, -0.25) is 4.79 Å². The van der Waals surface area contributed by atoms with E-state index in [1.807, 2.05) is 36.4 Å². The fraction of sp³-hybridized carbons (Fsp3) is 0.267. The minimum atomic E-state index is 0.140.